The van der Waals surface area contributed by atoms with Crippen molar-refractivity contribution in [3.8, 4) is 0 Å². The first-order valence-electron chi connectivity index (χ1n) is 9.80. The minimum Gasteiger partial charge on any atom is -1.00 e. The Hall–Kier alpha value is 1.26. The van der Waals surface area contributed by atoms with Crippen LogP contribution in [0.3, 0.4) is 0 Å². The Labute approximate surface area is 223 Å². The van der Waals surface area contributed by atoms with Crippen molar-refractivity contribution in [2.75, 3.05) is 75.8 Å². The molecule has 1 saturated heterocycles. The molecule has 31 heavy (non-hydrogen) atoms. The average molecular weight is 544 g/mol. The smallest absolute Gasteiger partial charge is 1.00 e. The van der Waals surface area contributed by atoms with Crippen LogP contribution in [-0.2, 0) is 40.7 Å². The summed E-state index contributed by atoms with van der Waals surface area (Å²) in [6.07, 6.45) is 4.66. The van der Waals surface area contributed by atoms with E-state index in [0.29, 0.717) is 0 Å². The second kappa shape index (κ2) is 23.0. The van der Waals surface area contributed by atoms with Gasteiger partial charge in [0.25, 0.3) is 0 Å². The van der Waals surface area contributed by atoms with Crippen LogP contribution in [0.5, 0.6) is 0 Å². The number of ether oxygens (including phenoxy) is 4. The molecule has 1 heterocycles. The van der Waals surface area contributed by atoms with Gasteiger partial charge in [0.15, 0.2) is 0 Å². The van der Waals surface area contributed by atoms with Crippen LogP contribution in [0.4, 0.5) is 0 Å². The van der Waals surface area contributed by atoms with Gasteiger partial charge in [-0.15, -0.1) is 12.6 Å². The average Bonchev–Trinajstić information content (AvgIpc) is 2.67. The summed E-state index contributed by atoms with van der Waals surface area (Å²) in [5.41, 5.74) is 0. The van der Waals surface area contributed by atoms with Crippen molar-refractivity contribution in [1.82, 2.24) is 20.0 Å². The molecule has 8 nitrogen and oxygen atoms in total. The third-order valence-electron chi connectivity index (χ3n) is 5.37. The van der Waals surface area contributed by atoms with Crippen molar-refractivity contribution in [2.45, 2.75) is 44.4 Å². The third kappa shape index (κ3) is 15.0. The molecule has 1 N–H and O–H groups in total. The van der Waals surface area contributed by atoms with E-state index in [1.54, 1.807) is 28.4 Å². The van der Waals surface area contributed by atoms with Gasteiger partial charge >= 0.3 is 21.7 Å². The van der Waals surface area contributed by atoms with Gasteiger partial charge in [0.2, 0.25) is 0 Å². The molecule has 1 aliphatic heterocycles. The molecule has 1 rings (SSSR count). The molecule has 186 valence electrons. The summed E-state index contributed by atoms with van der Waals surface area (Å²) in [5, 5.41) is 3.48. The first-order chi connectivity index (χ1) is 13.0. The molecule has 0 bridgehead atoms. The zero-order valence-electron chi connectivity index (χ0n) is 20.0. The number of hydrogen-bond acceptors (Lipinski definition) is 8. The van der Waals surface area contributed by atoms with Crippen LogP contribution in [0.15, 0.2) is 0 Å². The van der Waals surface area contributed by atoms with Crippen LogP contribution in [0.1, 0.15) is 25.7 Å². The molecule has 12 heteroatoms. The van der Waals surface area contributed by atoms with Crippen molar-refractivity contribution in [2.24, 2.45) is 0 Å². The molecule has 0 spiro atoms. The Morgan fingerprint density at radius 2 is 1.29 bits per heavy atom. The Morgan fingerprint density at radius 1 is 0.742 bits per heavy atom. The molecule has 0 aromatic heterocycles. The summed E-state index contributed by atoms with van der Waals surface area (Å²) in [7, 11) is 13.3. The summed E-state index contributed by atoms with van der Waals surface area (Å²) in [5.74, 6) is 0. The zero-order valence-corrected chi connectivity index (χ0v) is 23.8. The van der Waals surface area contributed by atoms with Crippen molar-refractivity contribution in [3.63, 3.8) is 0 Å². The Morgan fingerprint density at radius 3 is 1.81 bits per heavy atom. The molecule has 0 saturated carbocycles. The largest absolute Gasteiger partial charge is 4.00 e. The van der Waals surface area contributed by atoms with Crippen molar-refractivity contribution in [3.05, 3.63) is 6.23 Å². The molecule has 1 fully saturated rings. The first-order valence-corrected chi connectivity index (χ1v) is 9.80. The second-order valence-electron chi connectivity index (χ2n) is 7.16. The minimum absolute atomic E-state index is 0. The van der Waals surface area contributed by atoms with E-state index in [4.69, 9.17) is 18.9 Å². The first kappa shape index (κ1) is 39.5. The van der Waals surface area contributed by atoms with E-state index < -0.39 is 0 Å². The zero-order chi connectivity index (χ0) is 20.2. The topological polar surface area (TPSA) is 58.7 Å². The number of nitrogens with one attached hydrogen (secondary N) is 1. The quantitative estimate of drug-likeness (QED) is 0.277. The molecule has 1 aliphatic rings. The number of methoxy groups -OCH3 is 4. The fourth-order valence-corrected chi connectivity index (χ4v) is 3.47. The minimum atomic E-state index is 0. The van der Waals surface area contributed by atoms with Gasteiger partial charge in [-0.25, -0.2) is 0 Å². The maximum atomic E-state index is 5.70. The van der Waals surface area contributed by atoms with Gasteiger partial charge in [0.1, 0.15) is 18.7 Å². The van der Waals surface area contributed by atoms with Gasteiger partial charge in [-0.3, -0.25) is 15.1 Å². The molecular weight excluding hydrogens is 502 g/mol. The molecule has 0 aliphatic carbocycles. The predicted octanol–water partition coefficient (Wildman–Crippen LogP) is -7.99. The molecule has 0 amide bonds. The van der Waals surface area contributed by atoms with Crippen molar-refractivity contribution >= 4 is 0 Å². The monoisotopic (exact) mass is 542 g/mol. The standard InChI is InChI=1S/C19H41N4O4.3ClH.Ti/c1-21-13-9-16(24-4)20-12-8-17(25-5)22(2)14-10-19(27-7)23(3)15-11-18(21)26-6;;;;/h16-18,20H,8-15H2,1-7H3;3*1H;/q-1;;;;+4/p-3. The molecule has 3 atom stereocenters. The van der Waals surface area contributed by atoms with E-state index in [9.17, 15) is 0 Å². The van der Waals surface area contributed by atoms with Gasteiger partial charge in [0, 0.05) is 41.5 Å². The predicted molar refractivity (Wildman–Crippen MR) is 107 cm³/mol. The van der Waals surface area contributed by atoms with E-state index in [1.165, 1.54) is 0 Å². The summed E-state index contributed by atoms with van der Waals surface area (Å²) in [6.45, 7) is 3.46. The van der Waals surface area contributed by atoms with Gasteiger partial charge in [-0.2, -0.15) is 0 Å². The van der Waals surface area contributed by atoms with Crippen molar-refractivity contribution < 1.29 is 77.9 Å². The SMILES string of the molecule is CO[C-]1CCN(C)C(OC)CCNC(OC)CCN(C)C(OC)CCN1C.[Cl-].[Cl-].[Cl-].[Ti+4]. The molecular formula is C19H41Cl3N4O4Ti. The van der Waals surface area contributed by atoms with Crippen LogP contribution in [-0.4, -0.2) is 109 Å². The Bertz CT molecular complexity index is 398. The van der Waals surface area contributed by atoms with Crippen molar-refractivity contribution in [1.29, 1.82) is 0 Å². The maximum Gasteiger partial charge on any atom is 4.00 e. The molecule has 0 aromatic rings. The van der Waals surface area contributed by atoms with E-state index in [1.807, 2.05) is 0 Å². The summed E-state index contributed by atoms with van der Waals surface area (Å²) in [4.78, 5) is 6.65. The number of rotatable bonds is 4. The summed E-state index contributed by atoms with van der Waals surface area (Å²) < 4.78 is 22.6. The molecule has 0 radical (unpaired) electrons. The van der Waals surface area contributed by atoms with E-state index in [-0.39, 0.29) is 77.6 Å². The van der Waals surface area contributed by atoms with E-state index in [0.717, 1.165) is 58.1 Å². The van der Waals surface area contributed by atoms with Crippen LogP contribution >= 0.6 is 0 Å². The second-order valence-corrected chi connectivity index (χ2v) is 7.16. The number of halogens is 3. The van der Waals surface area contributed by atoms with Crippen LogP contribution < -0.4 is 42.5 Å². The maximum absolute atomic E-state index is 5.70. The summed E-state index contributed by atoms with van der Waals surface area (Å²) >= 11 is 0. The summed E-state index contributed by atoms with van der Waals surface area (Å²) in [6, 6.07) is 0. The van der Waals surface area contributed by atoms with Crippen LogP contribution in [0.2, 0.25) is 0 Å². The van der Waals surface area contributed by atoms with Gasteiger partial charge in [-0.1, -0.05) is 0 Å². The van der Waals surface area contributed by atoms with E-state index in [2.05, 4.69) is 41.2 Å². The Balaban J connectivity index is -0.000000911. The normalized spacial score (nSPS) is 26.6. The van der Waals surface area contributed by atoms with E-state index >= 15 is 0 Å². The third-order valence-corrected chi connectivity index (χ3v) is 5.37. The number of hydrogen-bond donors (Lipinski definition) is 1. The van der Waals surface area contributed by atoms with Gasteiger partial charge in [-0.05, 0) is 53.5 Å². The molecule has 0 aromatic carbocycles. The molecule has 3 unspecified atom stereocenters. The Kier molecular flexibility index (Phi) is 29.3. The van der Waals surface area contributed by atoms with Crippen LogP contribution in [0, 0.1) is 6.23 Å². The van der Waals surface area contributed by atoms with Crippen LogP contribution in [0.25, 0.3) is 0 Å². The fraction of sp³-hybridized carbons (Fsp3) is 0.947. The fourth-order valence-electron chi connectivity index (χ4n) is 3.47. The van der Waals surface area contributed by atoms with Gasteiger partial charge < -0.3 is 61.1 Å². The van der Waals surface area contributed by atoms with Gasteiger partial charge in [0.05, 0.1) is 0 Å². The number of nitrogens with zero attached hydrogens (tertiary/aromatic N) is 3.